The summed E-state index contributed by atoms with van der Waals surface area (Å²) in [5, 5.41) is 9.63. The molecule has 0 aromatic carbocycles. The third-order valence-corrected chi connectivity index (χ3v) is 1.78. The van der Waals surface area contributed by atoms with Crippen molar-refractivity contribution in [3.05, 3.63) is 26.8 Å². The van der Waals surface area contributed by atoms with Crippen molar-refractivity contribution in [2.24, 2.45) is 0 Å². The highest BCUT2D eigenvalue weighted by Gasteiger charge is 2.24. The zero-order chi connectivity index (χ0) is 10.9. The van der Waals surface area contributed by atoms with Gasteiger partial charge >= 0.3 is 5.82 Å². The van der Waals surface area contributed by atoms with Crippen molar-refractivity contribution in [1.82, 2.24) is 4.98 Å². The van der Waals surface area contributed by atoms with Crippen molar-refractivity contribution in [1.29, 1.82) is 0 Å². The fraction of sp³-hybridized carbons (Fsp3) is 0.167. The molecule has 0 amide bonds. The van der Waals surface area contributed by atoms with Crippen LogP contribution in [0.5, 0.6) is 0 Å². The third-order valence-electron chi connectivity index (χ3n) is 1.40. The minimum atomic E-state index is -2.92. The van der Waals surface area contributed by atoms with Gasteiger partial charge in [-0.25, -0.2) is 8.78 Å². The van der Waals surface area contributed by atoms with Crippen molar-refractivity contribution in [2.75, 3.05) is 5.73 Å². The molecule has 0 fully saturated rings. The molecule has 1 heterocycles. The van der Waals surface area contributed by atoms with Gasteiger partial charge in [0.25, 0.3) is 6.43 Å². The summed E-state index contributed by atoms with van der Waals surface area (Å²) in [5.74, 6) is -1.22. The Hall–Kier alpha value is -1.50. The predicted molar refractivity (Wildman–Crippen MR) is 45.3 cm³/mol. The number of halogens is 3. The number of aromatic nitrogens is 1. The largest absolute Gasteiger partial charge is 0.384 e. The van der Waals surface area contributed by atoms with E-state index < -0.39 is 27.8 Å². The summed E-state index contributed by atoms with van der Waals surface area (Å²) in [6.45, 7) is 0. The average Bonchev–Trinajstić information content (AvgIpc) is 2.07. The monoisotopic (exact) mass is 223 g/mol. The van der Waals surface area contributed by atoms with E-state index in [4.69, 9.17) is 17.3 Å². The minimum Gasteiger partial charge on any atom is -0.363 e. The number of hydrogen-bond donors (Lipinski definition) is 1. The van der Waals surface area contributed by atoms with Crippen LogP contribution >= 0.6 is 11.6 Å². The summed E-state index contributed by atoms with van der Waals surface area (Å²) in [6, 6.07) is 0.806. The Morgan fingerprint density at radius 1 is 1.64 bits per heavy atom. The first-order valence-electron chi connectivity index (χ1n) is 3.32. The second kappa shape index (κ2) is 3.70. The molecule has 0 spiro atoms. The molecule has 1 rings (SSSR count). The molecule has 0 unspecified atom stereocenters. The van der Waals surface area contributed by atoms with E-state index in [1.807, 2.05) is 0 Å². The molecule has 0 aliphatic rings. The molecule has 76 valence electrons. The Balaban J connectivity index is 3.40. The zero-order valence-electron chi connectivity index (χ0n) is 6.58. The number of nitrogens with two attached hydrogens (primary N) is 1. The number of anilines is 1. The standard InChI is InChI=1S/C6H4ClF2N3O2/c7-4-2(5(8)9)1-3(10)11-6(4)12(13)14/h1,5H,(H2,10,11). The molecule has 0 atom stereocenters. The summed E-state index contributed by atoms with van der Waals surface area (Å²) in [7, 11) is 0. The second-order valence-corrected chi connectivity index (χ2v) is 2.71. The van der Waals surface area contributed by atoms with Crippen LogP contribution in [0.2, 0.25) is 5.02 Å². The van der Waals surface area contributed by atoms with Crippen LogP contribution in [-0.2, 0) is 0 Å². The second-order valence-electron chi connectivity index (χ2n) is 2.33. The lowest BCUT2D eigenvalue weighted by Crippen LogP contribution is -2.01. The van der Waals surface area contributed by atoms with E-state index in [1.165, 1.54) is 0 Å². The maximum Gasteiger partial charge on any atom is 0.384 e. The van der Waals surface area contributed by atoms with Crippen LogP contribution in [0.15, 0.2) is 6.07 Å². The van der Waals surface area contributed by atoms with Crippen LogP contribution in [0.3, 0.4) is 0 Å². The number of hydrogen-bond acceptors (Lipinski definition) is 4. The molecule has 8 heteroatoms. The number of pyridine rings is 1. The number of nitro groups is 1. The van der Waals surface area contributed by atoms with E-state index in [1.54, 1.807) is 0 Å². The molecular formula is C6H4ClF2N3O2. The van der Waals surface area contributed by atoms with Gasteiger partial charge in [-0.05, 0) is 9.91 Å². The molecule has 0 aliphatic heterocycles. The van der Waals surface area contributed by atoms with Gasteiger partial charge < -0.3 is 15.8 Å². The summed E-state index contributed by atoms with van der Waals surface area (Å²) in [6.07, 6.45) is -2.92. The van der Waals surface area contributed by atoms with Crippen molar-refractivity contribution in [3.63, 3.8) is 0 Å². The van der Waals surface area contributed by atoms with Crippen molar-refractivity contribution in [3.8, 4) is 0 Å². The first-order chi connectivity index (χ1) is 6.43. The highest BCUT2D eigenvalue weighted by molar-refractivity contribution is 6.33. The number of rotatable bonds is 2. The van der Waals surface area contributed by atoms with Crippen molar-refractivity contribution >= 4 is 23.2 Å². The Labute approximate surface area is 81.6 Å². The molecule has 14 heavy (non-hydrogen) atoms. The Kier molecular flexibility index (Phi) is 2.80. The lowest BCUT2D eigenvalue weighted by Gasteiger charge is -2.02. The molecule has 0 aliphatic carbocycles. The first-order valence-corrected chi connectivity index (χ1v) is 3.69. The molecule has 2 N–H and O–H groups in total. The molecule has 0 radical (unpaired) electrons. The average molecular weight is 224 g/mol. The minimum absolute atomic E-state index is 0.364. The molecule has 0 saturated carbocycles. The highest BCUT2D eigenvalue weighted by Crippen LogP contribution is 2.33. The normalized spacial score (nSPS) is 10.6. The molecule has 0 bridgehead atoms. The molecule has 5 nitrogen and oxygen atoms in total. The van der Waals surface area contributed by atoms with Crippen LogP contribution in [0.4, 0.5) is 20.4 Å². The van der Waals surface area contributed by atoms with Crippen LogP contribution in [0.25, 0.3) is 0 Å². The van der Waals surface area contributed by atoms with Gasteiger partial charge in [-0.15, -0.1) is 0 Å². The van der Waals surface area contributed by atoms with E-state index in [0.29, 0.717) is 0 Å². The smallest absolute Gasteiger partial charge is 0.363 e. The summed E-state index contributed by atoms with van der Waals surface area (Å²) in [5.41, 5.74) is 4.41. The fourth-order valence-electron chi connectivity index (χ4n) is 0.835. The van der Waals surface area contributed by atoms with Crippen LogP contribution < -0.4 is 5.73 Å². The SMILES string of the molecule is Nc1cc(C(F)F)c(Cl)c([N+](=O)[O-])n1. The fourth-order valence-corrected chi connectivity index (χ4v) is 1.08. The zero-order valence-corrected chi connectivity index (χ0v) is 7.33. The van der Waals surface area contributed by atoms with E-state index in [0.717, 1.165) is 6.07 Å². The predicted octanol–water partition coefficient (Wildman–Crippen LogP) is 2.16. The van der Waals surface area contributed by atoms with E-state index in [2.05, 4.69) is 4.98 Å². The van der Waals surface area contributed by atoms with E-state index >= 15 is 0 Å². The maximum absolute atomic E-state index is 12.3. The van der Waals surface area contributed by atoms with Crippen molar-refractivity contribution in [2.45, 2.75) is 6.43 Å². The number of nitrogen functional groups attached to an aromatic ring is 1. The summed E-state index contributed by atoms with van der Waals surface area (Å²) < 4.78 is 24.5. The lowest BCUT2D eigenvalue weighted by atomic mass is 10.2. The topological polar surface area (TPSA) is 82.0 Å². The first kappa shape index (κ1) is 10.6. The van der Waals surface area contributed by atoms with E-state index in [-0.39, 0.29) is 5.82 Å². The van der Waals surface area contributed by atoms with Crippen LogP contribution in [-0.4, -0.2) is 9.91 Å². The lowest BCUT2D eigenvalue weighted by molar-refractivity contribution is -0.389. The van der Waals surface area contributed by atoms with Crippen LogP contribution in [0, 0.1) is 10.1 Å². The van der Waals surface area contributed by atoms with E-state index in [9.17, 15) is 18.9 Å². The van der Waals surface area contributed by atoms with Gasteiger partial charge in [0.15, 0.2) is 0 Å². The number of nitrogens with zero attached hydrogens (tertiary/aromatic N) is 2. The summed E-state index contributed by atoms with van der Waals surface area (Å²) >= 11 is 5.33. The third kappa shape index (κ3) is 1.87. The van der Waals surface area contributed by atoms with Crippen molar-refractivity contribution < 1.29 is 13.7 Å². The molecule has 0 saturated heterocycles. The number of alkyl halides is 2. The highest BCUT2D eigenvalue weighted by atomic mass is 35.5. The molecule has 1 aromatic heterocycles. The van der Waals surface area contributed by atoms with Gasteiger partial charge in [-0.2, -0.15) is 0 Å². The van der Waals surface area contributed by atoms with Gasteiger partial charge in [0, 0.05) is 6.07 Å². The van der Waals surface area contributed by atoms with Gasteiger partial charge in [0.05, 0.1) is 5.56 Å². The summed E-state index contributed by atoms with van der Waals surface area (Å²) in [4.78, 5) is 12.6. The van der Waals surface area contributed by atoms with Gasteiger partial charge in [-0.1, -0.05) is 11.6 Å². The molecule has 1 aromatic rings. The Morgan fingerprint density at radius 2 is 2.21 bits per heavy atom. The van der Waals surface area contributed by atoms with Gasteiger partial charge in [0.2, 0.25) is 5.82 Å². The van der Waals surface area contributed by atoms with Crippen LogP contribution in [0.1, 0.15) is 12.0 Å². The maximum atomic E-state index is 12.3. The van der Waals surface area contributed by atoms with Gasteiger partial charge in [-0.3, -0.25) is 0 Å². The van der Waals surface area contributed by atoms with Gasteiger partial charge in [0.1, 0.15) is 5.02 Å². The Morgan fingerprint density at radius 3 is 2.64 bits per heavy atom. The molecular weight excluding hydrogens is 220 g/mol. The quantitative estimate of drug-likeness (QED) is 0.615. The Bertz CT molecular complexity index is 386.